The van der Waals surface area contributed by atoms with Crippen LogP contribution in [0.2, 0.25) is 0 Å². The summed E-state index contributed by atoms with van der Waals surface area (Å²) in [6.07, 6.45) is 0.368. The van der Waals surface area contributed by atoms with Gasteiger partial charge in [0.15, 0.2) is 0 Å². The highest BCUT2D eigenvalue weighted by molar-refractivity contribution is 5.89. The molecule has 0 fully saturated rings. The van der Waals surface area contributed by atoms with Crippen molar-refractivity contribution in [2.75, 3.05) is 7.11 Å². The second-order valence-corrected chi connectivity index (χ2v) is 5.07. The van der Waals surface area contributed by atoms with Crippen molar-refractivity contribution in [3.05, 3.63) is 70.8 Å². The van der Waals surface area contributed by atoms with E-state index in [1.165, 1.54) is 7.11 Å². The fraction of sp³-hybridized carbons (Fsp3) is 0.222. The molecule has 0 radical (unpaired) electrons. The van der Waals surface area contributed by atoms with Crippen LogP contribution in [0.5, 0.6) is 0 Å². The van der Waals surface area contributed by atoms with Gasteiger partial charge >= 0.3 is 5.97 Å². The minimum atomic E-state index is -0.366. The summed E-state index contributed by atoms with van der Waals surface area (Å²) in [4.78, 5) is 23.3. The number of rotatable bonds is 5. The van der Waals surface area contributed by atoms with E-state index in [-0.39, 0.29) is 11.9 Å². The zero-order valence-corrected chi connectivity index (χ0v) is 12.8. The van der Waals surface area contributed by atoms with E-state index in [1.54, 1.807) is 24.3 Å². The zero-order valence-electron chi connectivity index (χ0n) is 12.8. The van der Waals surface area contributed by atoms with Crippen molar-refractivity contribution < 1.29 is 14.3 Å². The third kappa shape index (κ3) is 4.19. The molecule has 0 aliphatic carbocycles. The molecule has 4 nitrogen and oxygen atoms in total. The van der Waals surface area contributed by atoms with Crippen molar-refractivity contribution in [2.45, 2.75) is 19.9 Å². The lowest BCUT2D eigenvalue weighted by Gasteiger charge is -2.08. The number of nitrogens with one attached hydrogen (secondary N) is 1. The summed E-state index contributed by atoms with van der Waals surface area (Å²) in [5, 5.41) is 2.88. The minimum Gasteiger partial charge on any atom is -0.465 e. The summed E-state index contributed by atoms with van der Waals surface area (Å²) in [5.41, 5.74) is 3.57. The van der Waals surface area contributed by atoms with Crippen molar-refractivity contribution in [1.82, 2.24) is 5.32 Å². The maximum atomic E-state index is 12.0. The second kappa shape index (κ2) is 7.41. The van der Waals surface area contributed by atoms with Gasteiger partial charge in [0.2, 0.25) is 5.91 Å². The topological polar surface area (TPSA) is 55.4 Å². The predicted octanol–water partition coefficient (Wildman–Crippen LogP) is 2.64. The number of hydrogen-bond acceptors (Lipinski definition) is 3. The van der Waals surface area contributed by atoms with Crippen molar-refractivity contribution in [2.24, 2.45) is 0 Å². The summed E-state index contributed by atoms with van der Waals surface area (Å²) in [6.45, 7) is 2.43. The molecule has 1 N–H and O–H groups in total. The van der Waals surface area contributed by atoms with Crippen LogP contribution in [0, 0.1) is 6.92 Å². The van der Waals surface area contributed by atoms with Gasteiger partial charge in [-0.1, -0.05) is 36.4 Å². The number of ether oxygens (including phenoxy) is 1. The van der Waals surface area contributed by atoms with Crippen LogP contribution < -0.4 is 5.32 Å². The Labute approximate surface area is 130 Å². The number of methoxy groups -OCH3 is 1. The Morgan fingerprint density at radius 3 is 2.36 bits per heavy atom. The van der Waals surface area contributed by atoms with Gasteiger partial charge in [-0.25, -0.2) is 4.79 Å². The Hall–Kier alpha value is -2.62. The molecule has 0 saturated heterocycles. The molecule has 0 atom stereocenters. The van der Waals surface area contributed by atoms with Crippen LogP contribution in [0.1, 0.15) is 27.0 Å². The average Bonchev–Trinajstić information content (AvgIpc) is 2.55. The van der Waals surface area contributed by atoms with Gasteiger partial charge in [0.1, 0.15) is 0 Å². The lowest BCUT2D eigenvalue weighted by Crippen LogP contribution is -2.24. The van der Waals surface area contributed by atoms with Gasteiger partial charge in [-0.2, -0.15) is 0 Å². The Morgan fingerprint density at radius 2 is 1.73 bits per heavy atom. The molecule has 0 saturated carbocycles. The van der Waals surface area contributed by atoms with E-state index in [4.69, 9.17) is 0 Å². The number of carbonyl (C=O) groups is 2. The van der Waals surface area contributed by atoms with Crippen LogP contribution in [-0.4, -0.2) is 19.0 Å². The third-order valence-corrected chi connectivity index (χ3v) is 3.48. The molecular weight excluding hydrogens is 278 g/mol. The van der Waals surface area contributed by atoms with Crippen LogP contribution in [-0.2, 0) is 22.5 Å². The van der Waals surface area contributed by atoms with Crippen molar-refractivity contribution in [1.29, 1.82) is 0 Å². The molecule has 4 heteroatoms. The van der Waals surface area contributed by atoms with E-state index < -0.39 is 0 Å². The molecule has 114 valence electrons. The fourth-order valence-corrected chi connectivity index (χ4v) is 2.12. The first-order valence-corrected chi connectivity index (χ1v) is 7.08. The standard InChI is InChI=1S/C18H19NO3/c1-13-5-3-4-6-16(13)11-17(20)19-12-14-7-9-15(10-8-14)18(21)22-2/h3-10H,11-12H2,1-2H3,(H,19,20). The van der Waals surface area contributed by atoms with Gasteiger partial charge in [0, 0.05) is 6.54 Å². The molecule has 0 spiro atoms. The Bertz CT molecular complexity index is 662. The lowest BCUT2D eigenvalue weighted by atomic mass is 10.1. The van der Waals surface area contributed by atoms with Crippen molar-refractivity contribution >= 4 is 11.9 Å². The third-order valence-electron chi connectivity index (χ3n) is 3.48. The van der Waals surface area contributed by atoms with Crippen LogP contribution in [0.3, 0.4) is 0 Å². The Kier molecular flexibility index (Phi) is 5.31. The van der Waals surface area contributed by atoms with Crippen LogP contribution in [0.25, 0.3) is 0 Å². The quantitative estimate of drug-likeness (QED) is 0.863. The molecule has 0 aromatic heterocycles. The number of aryl methyl sites for hydroxylation is 1. The molecule has 0 bridgehead atoms. The largest absolute Gasteiger partial charge is 0.465 e. The summed E-state index contributed by atoms with van der Waals surface area (Å²) >= 11 is 0. The maximum absolute atomic E-state index is 12.0. The van der Waals surface area contributed by atoms with Gasteiger partial charge < -0.3 is 10.1 Å². The molecule has 2 aromatic rings. The smallest absolute Gasteiger partial charge is 0.337 e. The highest BCUT2D eigenvalue weighted by atomic mass is 16.5. The summed E-state index contributed by atoms with van der Waals surface area (Å²) in [7, 11) is 1.35. The molecule has 1 amide bonds. The van der Waals surface area contributed by atoms with Gasteiger partial charge in [0.25, 0.3) is 0 Å². The van der Waals surface area contributed by atoms with Gasteiger partial charge in [-0.3, -0.25) is 4.79 Å². The van der Waals surface area contributed by atoms with E-state index in [9.17, 15) is 9.59 Å². The highest BCUT2D eigenvalue weighted by Crippen LogP contribution is 2.08. The molecular formula is C18H19NO3. The summed E-state index contributed by atoms with van der Waals surface area (Å²) < 4.78 is 4.64. The normalized spacial score (nSPS) is 10.1. The molecule has 0 aliphatic heterocycles. The monoisotopic (exact) mass is 297 g/mol. The van der Waals surface area contributed by atoms with Crippen LogP contribution in [0.4, 0.5) is 0 Å². The second-order valence-electron chi connectivity index (χ2n) is 5.07. The molecule has 0 heterocycles. The summed E-state index contributed by atoms with van der Waals surface area (Å²) in [6, 6.07) is 14.8. The SMILES string of the molecule is COC(=O)c1ccc(CNC(=O)Cc2ccccc2C)cc1. The first-order chi connectivity index (χ1) is 10.6. The van der Waals surface area contributed by atoms with Crippen molar-refractivity contribution in [3.63, 3.8) is 0 Å². The van der Waals surface area contributed by atoms with Gasteiger partial charge in [-0.15, -0.1) is 0 Å². The first kappa shape index (κ1) is 15.8. The molecule has 2 aromatic carbocycles. The number of benzene rings is 2. The predicted molar refractivity (Wildman–Crippen MR) is 84.5 cm³/mol. The first-order valence-electron chi connectivity index (χ1n) is 7.08. The zero-order chi connectivity index (χ0) is 15.9. The van der Waals surface area contributed by atoms with Crippen LogP contribution >= 0.6 is 0 Å². The summed E-state index contributed by atoms with van der Waals surface area (Å²) in [5.74, 6) is -0.388. The molecule has 0 aliphatic rings. The molecule has 2 rings (SSSR count). The molecule has 0 unspecified atom stereocenters. The number of esters is 1. The van der Waals surface area contributed by atoms with Crippen molar-refractivity contribution in [3.8, 4) is 0 Å². The van der Waals surface area contributed by atoms with E-state index >= 15 is 0 Å². The van der Waals surface area contributed by atoms with Gasteiger partial charge in [0.05, 0.1) is 19.1 Å². The fourth-order valence-electron chi connectivity index (χ4n) is 2.12. The number of hydrogen-bond donors (Lipinski definition) is 1. The van der Waals surface area contributed by atoms with Gasteiger partial charge in [-0.05, 0) is 35.7 Å². The lowest BCUT2D eigenvalue weighted by molar-refractivity contribution is -0.120. The molecule has 22 heavy (non-hydrogen) atoms. The Balaban J connectivity index is 1.89. The average molecular weight is 297 g/mol. The number of amides is 1. The Morgan fingerprint density at radius 1 is 1.05 bits per heavy atom. The van der Waals surface area contributed by atoms with E-state index in [0.717, 1.165) is 16.7 Å². The van der Waals surface area contributed by atoms with E-state index in [1.807, 2.05) is 31.2 Å². The van der Waals surface area contributed by atoms with E-state index in [2.05, 4.69) is 10.1 Å². The number of carbonyl (C=O) groups excluding carboxylic acids is 2. The highest BCUT2D eigenvalue weighted by Gasteiger charge is 2.07. The van der Waals surface area contributed by atoms with E-state index in [0.29, 0.717) is 18.5 Å². The maximum Gasteiger partial charge on any atom is 0.337 e. The van der Waals surface area contributed by atoms with Crippen LogP contribution in [0.15, 0.2) is 48.5 Å². The minimum absolute atomic E-state index is 0.0219.